The molecule has 1 aliphatic rings. The normalized spacial score (nSPS) is 14.6. The second kappa shape index (κ2) is 9.57. The third kappa shape index (κ3) is 4.40. The average Bonchev–Trinajstić information content (AvgIpc) is 3.50. The Hall–Kier alpha value is -3.48. The minimum atomic E-state index is 0.116. The molecule has 5 rings (SSSR count). The third-order valence-corrected chi connectivity index (χ3v) is 6.67. The van der Waals surface area contributed by atoms with E-state index in [1.165, 1.54) is 37.8 Å². The van der Waals surface area contributed by atoms with Gasteiger partial charge in [-0.1, -0.05) is 68.7 Å². The number of nitrogens with zero attached hydrogens (tertiary/aromatic N) is 6. The van der Waals surface area contributed by atoms with Crippen LogP contribution in [0.1, 0.15) is 62.6 Å². The molecule has 7 heteroatoms. The quantitative estimate of drug-likeness (QED) is 0.412. The summed E-state index contributed by atoms with van der Waals surface area (Å²) < 4.78 is 5.59. The van der Waals surface area contributed by atoms with Gasteiger partial charge in [-0.15, -0.1) is 5.10 Å². The number of hydrogen-bond donors (Lipinski definition) is 0. The Kier molecular flexibility index (Phi) is 6.19. The summed E-state index contributed by atoms with van der Waals surface area (Å²) in [6.45, 7) is 3.50. The first-order chi connectivity index (χ1) is 16.2. The number of para-hydroxylation sites is 1. The number of rotatable bonds is 7. The molecule has 33 heavy (non-hydrogen) atoms. The minimum Gasteiger partial charge on any atom is -0.299 e. The lowest BCUT2D eigenvalue weighted by Gasteiger charge is -2.22. The zero-order chi connectivity index (χ0) is 22.6. The van der Waals surface area contributed by atoms with Crippen LogP contribution in [-0.2, 0) is 13.1 Å². The molecule has 0 aliphatic heterocycles. The van der Waals surface area contributed by atoms with Crippen LogP contribution >= 0.6 is 0 Å². The molecular formula is C26H30N6O. The van der Waals surface area contributed by atoms with Crippen molar-refractivity contribution in [1.82, 2.24) is 29.3 Å². The largest absolute Gasteiger partial charge is 0.328 e. The first-order valence-corrected chi connectivity index (χ1v) is 12.0. The summed E-state index contributed by atoms with van der Waals surface area (Å²) in [5, 5.41) is 11.6. The van der Waals surface area contributed by atoms with Gasteiger partial charge in [0.1, 0.15) is 6.33 Å². The first kappa shape index (κ1) is 21.4. The number of tetrazole rings is 1. The second-order valence-corrected chi connectivity index (χ2v) is 8.92. The maximum atomic E-state index is 13.2. The second-order valence-electron chi connectivity index (χ2n) is 8.92. The van der Waals surface area contributed by atoms with Crippen LogP contribution in [0.15, 0.2) is 65.8 Å². The standard InChI is InChI=1S/C26H30N6O/c1-2-16-30-18-25(22-8-4-3-5-9-22)31(26(30)33)17-20-12-14-21(15-13-20)23-10-6-7-11-24(23)32-19-27-28-29-32/h6-7,10-15,18-19,22H,2-5,8-9,16-17H2,1H3. The van der Waals surface area contributed by atoms with Crippen LogP contribution in [0.25, 0.3) is 16.8 Å². The molecule has 0 radical (unpaired) electrons. The van der Waals surface area contributed by atoms with Gasteiger partial charge in [-0.25, -0.2) is 4.79 Å². The highest BCUT2D eigenvalue weighted by Gasteiger charge is 2.22. The molecule has 2 aromatic carbocycles. The van der Waals surface area contributed by atoms with Crippen molar-refractivity contribution in [2.75, 3.05) is 0 Å². The molecule has 0 saturated heterocycles. The summed E-state index contributed by atoms with van der Waals surface area (Å²) in [7, 11) is 0. The van der Waals surface area contributed by atoms with Crippen LogP contribution in [0.5, 0.6) is 0 Å². The fraction of sp³-hybridized carbons (Fsp3) is 0.385. The maximum Gasteiger partial charge on any atom is 0.328 e. The van der Waals surface area contributed by atoms with Crippen molar-refractivity contribution in [3.63, 3.8) is 0 Å². The van der Waals surface area contributed by atoms with E-state index < -0.39 is 0 Å². The molecule has 0 spiro atoms. The Bertz CT molecular complexity index is 1250. The smallest absolute Gasteiger partial charge is 0.299 e. The highest BCUT2D eigenvalue weighted by atomic mass is 16.1. The van der Waals surface area contributed by atoms with Gasteiger partial charge in [0.05, 0.1) is 12.2 Å². The number of aryl methyl sites for hydroxylation is 1. The van der Waals surface area contributed by atoms with Crippen LogP contribution in [0, 0.1) is 0 Å². The Labute approximate surface area is 193 Å². The molecule has 2 heterocycles. The molecule has 0 amide bonds. The number of hydrogen-bond acceptors (Lipinski definition) is 4. The number of aromatic nitrogens is 6. The highest BCUT2D eigenvalue weighted by molar-refractivity contribution is 5.72. The fourth-order valence-electron chi connectivity index (χ4n) is 5.00. The van der Waals surface area contributed by atoms with Gasteiger partial charge >= 0.3 is 5.69 Å². The lowest BCUT2D eigenvalue weighted by molar-refractivity contribution is 0.425. The molecule has 0 atom stereocenters. The molecule has 0 unspecified atom stereocenters. The van der Waals surface area contributed by atoms with E-state index in [9.17, 15) is 4.79 Å². The summed E-state index contributed by atoms with van der Waals surface area (Å²) in [6.07, 6.45) is 10.9. The van der Waals surface area contributed by atoms with Gasteiger partial charge < -0.3 is 0 Å². The SMILES string of the molecule is CCCn1cc(C2CCCCC2)n(Cc2ccc(-c3ccccc3-n3cnnn3)cc2)c1=O. The number of imidazole rings is 1. The molecule has 0 bridgehead atoms. The number of benzene rings is 2. The van der Waals surface area contributed by atoms with E-state index in [1.807, 2.05) is 27.3 Å². The molecular weight excluding hydrogens is 412 g/mol. The van der Waals surface area contributed by atoms with E-state index in [-0.39, 0.29) is 5.69 Å². The van der Waals surface area contributed by atoms with E-state index in [0.29, 0.717) is 12.5 Å². The van der Waals surface area contributed by atoms with E-state index >= 15 is 0 Å². The zero-order valence-electron chi connectivity index (χ0n) is 19.1. The van der Waals surface area contributed by atoms with Crippen molar-refractivity contribution in [3.8, 4) is 16.8 Å². The van der Waals surface area contributed by atoms with Gasteiger partial charge in [0.2, 0.25) is 0 Å². The lowest BCUT2D eigenvalue weighted by Crippen LogP contribution is -2.26. The minimum absolute atomic E-state index is 0.116. The summed E-state index contributed by atoms with van der Waals surface area (Å²) in [4.78, 5) is 13.2. The topological polar surface area (TPSA) is 70.5 Å². The van der Waals surface area contributed by atoms with Gasteiger partial charge in [0.25, 0.3) is 0 Å². The van der Waals surface area contributed by atoms with E-state index in [4.69, 9.17) is 0 Å². The first-order valence-electron chi connectivity index (χ1n) is 12.0. The van der Waals surface area contributed by atoms with Crippen LogP contribution < -0.4 is 5.69 Å². The summed E-state index contributed by atoms with van der Waals surface area (Å²) >= 11 is 0. The van der Waals surface area contributed by atoms with Crippen molar-refractivity contribution in [2.45, 2.75) is 64.5 Å². The predicted molar refractivity (Wildman–Crippen MR) is 129 cm³/mol. The van der Waals surface area contributed by atoms with E-state index in [1.54, 1.807) is 11.0 Å². The Morgan fingerprint density at radius 3 is 2.52 bits per heavy atom. The highest BCUT2D eigenvalue weighted by Crippen LogP contribution is 2.33. The van der Waals surface area contributed by atoms with Gasteiger partial charge in [-0.3, -0.25) is 9.13 Å². The monoisotopic (exact) mass is 442 g/mol. The van der Waals surface area contributed by atoms with Gasteiger partial charge in [-0.2, -0.15) is 4.68 Å². The maximum absolute atomic E-state index is 13.2. The van der Waals surface area contributed by atoms with Crippen molar-refractivity contribution < 1.29 is 0 Å². The summed E-state index contributed by atoms with van der Waals surface area (Å²) in [6, 6.07) is 16.6. The molecule has 0 N–H and O–H groups in total. The molecule has 4 aromatic rings. The van der Waals surface area contributed by atoms with Crippen LogP contribution in [0.2, 0.25) is 0 Å². The molecule has 1 saturated carbocycles. The Balaban J connectivity index is 1.44. The van der Waals surface area contributed by atoms with Crippen LogP contribution in [0.4, 0.5) is 0 Å². The van der Waals surface area contributed by atoms with Crippen molar-refractivity contribution in [2.24, 2.45) is 0 Å². The molecule has 2 aromatic heterocycles. The van der Waals surface area contributed by atoms with Gasteiger partial charge in [-0.05, 0) is 46.9 Å². The van der Waals surface area contributed by atoms with E-state index in [0.717, 1.165) is 35.3 Å². The molecule has 170 valence electrons. The molecule has 1 aliphatic carbocycles. The lowest BCUT2D eigenvalue weighted by atomic mass is 9.87. The van der Waals surface area contributed by atoms with Gasteiger partial charge in [0, 0.05) is 29.9 Å². The van der Waals surface area contributed by atoms with Crippen LogP contribution in [-0.4, -0.2) is 29.3 Å². The molecule has 1 fully saturated rings. The van der Waals surface area contributed by atoms with Gasteiger partial charge in [0.15, 0.2) is 0 Å². The predicted octanol–water partition coefficient (Wildman–Crippen LogP) is 4.80. The van der Waals surface area contributed by atoms with E-state index in [2.05, 4.69) is 59.0 Å². The Morgan fingerprint density at radius 1 is 1.00 bits per heavy atom. The fourth-order valence-corrected chi connectivity index (χ4v) is 5.00. The Morgan fingerprint density at radius 2 is 1.79 bits per heavy atom. The summed E-state index contributed by atoms with van der Waals surface area (Å²) in [5.41, 5.74) is 5.54. The summed E-state index contributed by atoms with van der Waals surface area (Å²) in [5.74, 6) is 0.493. The molecule has 7 nitrogen and oxygen atoms in total. The third-order valence-electron chi connectivity index (χ3n) is 6.67. The van der Waals surface area contributed by atoms with Crippen LogP contribution in [0.3, 0.4) is 0 Å². The average molecular weight is 443 g/mol. The van der Waals surface area contributed by atoms with Crippen molar-refractivity contribution in [1.29, 1.82) is 0 Å². The zero-order valence-corrected chi connectivity index (χ0v) is 19.1. The van der Waals surface area contributed by atoms with Crippen molar-refractivity contribution >= 4 is 0 Å². The van der Waals surface area contributed by atoms with Crippen molar-refractivity contribution in [3.05, 3.63) is 82.8 Å².